The zero-order chi connectivity index (χ0) is 14.3. The molecule has 102 valence electrons. The summed E-state index contributed by atoms with van der Waals surface area (Å²) in [7, 11) is -2.79. The fraction of sp³-hybridized carbons (Fsp3) is 0.0667. The van der Waals surface area contributed by atoms with Gasteiger partial charge in [-0.25, -0.2) is 4.39 Å². The van der Waals surface area contributed by atoms with Gasteiger partial charge >= 0.3 is 0 Å². The number of benzene rings is 3. The van der Waals surface area contributed by atoms with E-state index < -0.39 is 15.9 Å². The molecule has 5 heteroatoms. The van der Waals surface area contributed by atoms with E-state index in [1.165, 1.54) is 12.1 Å². The average molecular weight is 290 g/mol. The van der Waals surface area contributed by atoms with Crippen LogP contribution in [-0.4, -0.2) is 15.5 Å². The van der Waals surface area contributed by atoms with Crippen molar-refractivity contribution in [2.45, 2.75) is 4.90 Å². The van der Waals surface area contributed by atoms with Gasteiger partial charge in [-0.3, -0.25) is 4.18 Å². The predicted octanol–water partition coefficient (Wildman–Crippen LogP) is 3.47. The minimum absolute atomic E-state index is 0.0258. The van der Waals surface area contributed by atoms with Gasteiger partial charge in [0.1, 0.15) is 10.7 Å². The van der Waals surface area contributed by atoms with Crippen molar-refractivity contribution >= 4 is 31.7 Å². The third-order valence-electron chi connectivity index (χ3n) is 3.30. The van der Waals surface area contributed by atoms with E-state index in [-0.39, 0.29) is 4.90 Å². The smallest absolute Gasteiger partial charge is 0.270 e. The van der Waals surface area contributed by atoms with Crippen LogP contribution in [0.3, 0.4) is 0 Å². The molecule has 0 aliphatic carbocycles. The second kappa shape index (κ2) is 4.54. The molecule has 0 spiro atoms. The Morgan fingerprint density at radius 1 is 0.900 bits per heavy atom. The first-order valence-corrected chi connectivity index (χ1v) is 7.36. The molecule has 20 heavy (non-hydrogen) atoms. The molecule has 0 bridgehead atoms. The van der Waals surface area contributed by atoms with Gasteiger partial charge in [-0.05, 0) is 22.9 Å². The number of fused-ring (bicyclic) bond motifs is 3. The molecular weight excluding hydrogens is 279 g/mol. The molecule has 0 aliphatic heterocycles. The highest BCUT2D eigenvalue weighted by Gasteiger charge is 2.18. The molecule has 0 amide bonds. The Kier molecular flexibility index (Phi) is 2.96. The van der Waals surface area contributed by atoms with E-state index in [2.05, 4.69) is 4.18 Å². The summed E-state index contributed by atoms with van der Waals surface area (Å²) in [6.45, 7) is 0. The molecule has 0 unspecified atom stereocenters. The summed E-state index contributed by atoms with van der Waals surface area (Å²) in [5.74, 6) is -0.452. The zero-order valence-corrected chi connectivity index (χ0v) is 11.4. The molecule has 0 N–H and O–H groups in total. The van der Waals surface area contributed by atoms with Gasteiger partial charge in [0, 0.05) is 10.8 Å². The predicted molar refractivity (Wildman–Crippen MR) is 75.6 cm³/mol. The average Bonchev–Trinajstić information content (AvgIpc) is 2.47. The van der Waals surface area contributed by atoms with Crippen LogP contribution in [0.1, 0.15) is 0 Å². The number of halogens is 1. The molecule has 0 saturated carbocycles. The van der Waals surface area contributed by atoms with E-state index in [9.17, 15) is 12.8 Å². The SMILES string of the molecule is COS(=O)(=O)c1cccc2c1cc(F)c1ccccc12. The quantitative estimate of drug-likeness (QED) is 0.536. The third kappa shape index (κ3) is 1.87. The summed E-state index contributed by atoms with van der Waals surface area (Å²) in [4.78, 5) is -0.0258. The molecule has 0 heterocycles. The molecule has 0 atom stereocenters. The van der Waals surface area contributed by atoms with Gasteiger partial charge < -0.3 is 0 Å². The molecule has 3 nitrogen and oxygen atoms in total. The molecule has 3 aromatic rings. The van der Waals surface area contributed by atoms with E-state index >= 15 is 0 Å². The number of hydrogen-bond acceptors (Lipinski definition) is 3. The molecule has 0 fully saturated rings. The molecule has 0 aliphatic rings. The Hall–Kier alpha value is -1.98. The van der Waals surface area contributed by atoms with Gasteiger partial charge in [-0.1, -0.05) is 36.4 Å². The summed E-state index contributed by atoms with van der Waals surface area (Å²) in [6.07, 6.45) is 0. The lowest BCUT2D eigenvalue weighted by Crippen LogP contribution is -2.03. The first-order valence-electron chi connectivity index (χ1n) is 5.95. The Morgan fingerprint density at radius 2 is 1.50 bits per heavy atom. The minimum atomic E-state index is -3.88. The van der Waals surface area contributed by atoms with Crippen LogP contribution in [0.5, 0.6) is 0 Å². The van der Waals surface area contributed by atoms with Crippen LogP contribution in [0.25, 0.3) is 21.5 Å². The van der Waals surface area contributed by atoms with Crippen LogP contribution >= 0.6 is 0 Å². The van der Waals surface area contributed by atoms with Crippen LogP contribution in [0.4, 0.5) is 4.39 Å². The van der Waals surface area contributed by atoms with E-state index in [0.717, 1.165) is 7.11 Å². The summed E-state index contributed by atoms with van der Waals surface area (Å²) in [5.41, 5.74) is 0. The third-order valence-corrected chi connectivity index (χ3v) is 4.63. The highest BCUT2D eigenvalue weighted by molar-refractivity contribution is 7.87. The Balaban J connectivity index is 2.55. The van der Waals surface area contributed by atoms with Crippen molar-refractivity contribution in [1.82, 2.24) is 0 Å². The standard InChI is InChI=1S/C15H11FO3S/c1-19-20(17,18)15-8-4-7-11-10-5-2-3-6-12(10)14(16)9-13(11)15/h2-9H,1H3. The van der Waals surface area contributed by atoms with Gasteiger partial charge in [0.15, 0.2) is 0 Å². The van der Waals surface area contributed by atoms with E-state index in [1.807, 2.05) is 0 Å². The molecule has 0 saturated heterocycles. The Labute approximate surface area is 115 Å². The first kappa shape index (κ1) is 13.0. The summed E-state index contributed by atoms with van der Waals surface area (Å²) < 4.78 is 42.5. The van der Waals surface area contributed by atoms with Crippen molar-refractivity contribution in [1.29, 1.82) is 0 Å². The molecule has 3 aromatic carbocycles. The van der Waals surface area contributed by atoms with Crippen molar-refractivity contribution in [3.8, 4) is 0 Å². The lowest BCUT2D eigenvalue weighted by atomic mass is 10.0. The van der Waals surface area contributed by atoms with Crippen LogP contribution in [0, 0.1) is 5.82 Å². The molecule has 0 aromatic heterocycles. The molecular formula is C15H11FO3S. The van der Waals surface area contributed by atoms with Crippen molar-refractivity contribution in [2.75, 3.05) is 7.11 Å². The highest BCUT2D eigenvalue weighted by Crippen LogP contribution is 2.32. The van der Waals surface area contributed by atoms with Crippen LogP contribution < -0.4 is 0 Å². The zero-order valence-electron chi connectivity index (χ0n) is 10.6. The van der Waals surface area contributed by atoms with Gasteiger partial charge in [0.2, 0.25) is 0 Å². The maximum absolute atomic E-state index is 14.2. The van der Waals surface area contributed by atoms with Crippen molar-refractivity contribution < 1.29 is 17.0 Å². The number of hydrogen-bond donors (Lipinski definition) is 0. The maximum Gasteiger partial charge on any atom is 0.297 e. The van der Waals surface area contributed by atoms with Crippen molar-refractivity contribution in [2.24, 2.45) is 0 Å². The summed E-state index contributed by atoms with van der Waals surface area (Å²) in [6, 6.07) is 13.0. The topological polar surface area (TPSA) is 43.4 Å². The first-order chi connectivity index (χ1) is 9.54. The summed E-state index contributed by atoms with van der Waals surface area (Å²) >= 11 is 0. The number of rotatable bonds is 2. The Morgan fingerprint density at radius 3 is 2.20 bits per heavy atom. The van der Waals surface area contributed by atoms with Gasteiger partial charge in [-0.2, -0.15) is 8.42 Å². The largest absolute Gasteiger partial charge is 0.297 e. The second-order valence-corrected chi connectivity index (χ2v) is 6.06. The normalized spacial score (nSPS) is 12.1. The van der Waals surface area contributed by atoms with Crippen LogP contribution in [-0.2, 0) is 14.3 Å². The van der Waals surface area contributed by atoms with Gasteiger partial charge in [0.05, 0.1) is 7.11 Å². The van der Waals surface area contributed by atoms with E-state index in [1.54, 1.807) is 36.4 Å². The van der Waals surface area contributed by atoms with E-state index in [0.29, 0.717) is 21.5 Å². The fourth-order valence-corrected chi connectivity index (χ4v) is 3.23. The minimum Gasteiger partial charge on any atom is -0.270 e. The van der Waals surface area contributed by atoms with Crippen LogP contribution in [0.15, 0.2) is 53.4 Å². The second-order valence-electron chi connectivity index (χ2n) is 4.38. The monoisotopic (exact) mass is 290 g/mol. The fourth-order valence-electron chi connectivity index (χ4n) is 2.37. The van der Waals surface area contributed by atoms with Crippen molar-refractivity contribution in [3.63, 3.8) is 0 Å². The lowest BCUT2D eigenvalue weighted by Gasteiger charge is -2.09. The summed E-state index contributed by atoms with van der Waals surface area (Å²) in [5, 5.41) is 2.15. The maximum atomic E-state index is 14.2. The Bertz CT molecular complexity index is 917. The van der Waals surface area contributed by atoms with Crippen molar-refractivity contribution in [3.05, 3.63) is 54.3 Å². The lowest BCUT2D eigenvalue weighted by molar-refractivity contribution is 0.398. The molecule has 3 rings (SSSR count). The van der Waals surface area contributed by atoms with Crippen LogP contribution in [0.2, 0.25) is 0 Å². The highest BCUT2D eigenvalue weighted by atomic mass is 32.2. The molecule has 0 radical (unpaired) electrons. The van der Waals surface area contributed by atoms with Gasteiger partial charge in [0.25, 0.3) is 10.1 Å². The van der Waals surface area contributed by atoms with Gasteiger partial charge in [-0.15, -0.1) is 0 Å². The van der Waals surface area contributed by atoms with E-state index in [4.69, 9.17) is 0 Å².